The molecule has 202 valence electrons. The van der Waals surface area contributed by atoms with Crippen molar-refractivity contribution in [2.45, 2.75) is 110 Å². The lowest BCUT2D eigenvalue weighted by Gasteiger charge is -2.23. The highest BCUT2D eigenvalue weighted by atomic mass is 16.6. The van der Waals surface area contributed by atoms with Crippen LogP contribution in [0.2, 0.25) is 0 Å². The van der Waals surface area contributed by atoms with Gasteiger partial charge in [-0.25, -0.2) is 4.79 Å². The van der Waals surface area contributed by atoms with Gasteiger partial charge in [-0.1, -0.05) is 97.9 Å². The molecule has 2 unspecified atom stereocenters. The number of benzene rings is 2. The Morgan fingerprint density at radius 3 is 2.24 bits per heavy atom. The Kier molecular flexibility index (Phi) is 9.80. The molecule has 0 N–H and O–H groups in total. The molecule has 37 heavy (non-hydrogen) atoms. The molecule has 2 atom stereocenters. The SMILES string of the molecule is CCCCCCCCOC(=O)C(C)Oc1cc2c(c(C(C)(C)C)c1)OC(=O)C2c1ccc(C(C)C)cc1. The topological polar surface area (TPSA) is 61.8 Å². The van der Waals surface area contributed by atoms with Crippen molar-refractivity contribution in [2.24, 2.45) is 0 Å². The van der Waals surface area contributed by atoms with Crippen molar-refractivity contribution in [3.8, 4) is 11.5 Å². The highest BCUT2D eigenvalue weighted by Crippen LogP contribution is 2.47. The van der Waals surface area contributed by atoms with E-state index in [2.05, 4.69) is 53.7 Å². The Morgan fingerprint density at radius 1 is 0.973 bits per heavy atom. The maximum atomic E-state index is 13.1. The summed E-state index contributed by atoms with van der Waals surface area (Å²) < 4.78 is 17.4. The number of ether oxygens (including phenoxy) is 3. The van der Waals surface area contributed by atoms with E-state index in [9.17, 15) is 9.59 Å². The fourth-order valence-corrected chi connectivity index (χ4v) is 4.68. The van der Waals surface area contributed by atoms with Crippen LogP contribution in [0.4, 0.5) is 0 Å². The van der Waals surface area contributed by atoms with Crippen LogP contribution in [0.15, 0.2) is 36.4 Å². The van der Waals surface area contributed by atoms with Gasteiger partial charge in [0.25, 0.3) is 0 Å². The predicted molar refractivity (Wildman–Crippen MR) is 148 cm³/mol. The second-order valence-corrected chi connectivity index (χ2v) is 11.5. The molecule has 0 radical (unpaired) electrons. The largest absolute Gasteiger partial charge is 0.479 e. The molecule has 0 saturated carbocycles. The van der Waals surface area contributed by atoms with Crippen molar-refractivity contribution < 1.29 is 23.8 Å². The fraction of sp³-hybridized carbons (Fsp3) is 0.562. The van der Waals surface area contributed by atoms with Crippen LogP contribution in [-0.4, -0.2) is 24.6 Å². The molecular weight excluding hydrogens is 464 g/mol. The van der Waals surface area contributed by atoms with Gasteiger partial charge in [-0.2, -0.15) is 0 Å². The standard InChI is InChI=1S/C32H44O5/c1-8-9-10-11-12-13-18-35-30(33)22(4)36-25-19-26-28(24-16-14-23(15-17-24)21(2)3)31(34)37-29(26)27(20-25)32(5,6)7/h14-17,19-22,28H,8-13,18H2,1-7H3. The molecule has 0 amide bonds. The summed E-state index contributed by atoms with van der Waals surface area (Å²) in [5.74, 6) is 0.347. The second-order valence-electron chi connectivity index (χ2n) is 11.5. The molecule has 2 aromatic rings. The molecule has 1 aliphatic heterocycles. The third kappa shape index (κ3) is 7.37. The zero-order valence-corrected chi connectivity index (χ0v) is 23.7. The summed E-state index contributed by atoms with van der Waals surface area (Å²) in [5, 5.41) is 0. The molecule has 0 bridgehead atoms. The highest BCUT2D eigenvalue weighted by Gasteiger charge is 2.39. The molecule has 5 heteroatoms. The van der Waals surface area contributed by atoms with Gasteiger partial charge < -0.3 is 14.2 Å². The van der Waals surface area contributed by atoms with Crippen LogP contribution in [0.5, 0.6) is 11.5 Å². The Balaban J connectivity index is 1.78. The fourth-order valence-electron chi connectivity index (χ4n) is 4.68. The third-order valence-electron chi connectivity index (χ3n) is 6.97. The Hall–Kier alpha value is -2.82. The number of rotatable bonds is 12. The molecule has 0 spiro atoms. The molecule has 0 fully saturated rings. The highest BCUT2D eigenvalue weighted by molar-refractivity contribution is 5.90. The Morgan fingerprint density at radius 2 is 1.62 bits per heavy atom. The average molecular weight is 509 g/mol. The molecule has 1 heterocycles. The zero-order chi connectivity index (χ0) is 27.2. The van der Waals surface area contributed by atoms with Crippen molar-refractivity contribution >= 4 is 11.9 Å². The number of hydrogen-bond acceptors (Lipinski definition) is 5. The van der Waals surface area contributed by atoms with Gasteiger partial charge in [-0.15, -0.1) is 0 Å². The lowest BCUT2D eigenvalue weighted by molar-refractivity contribution is -0.151. The van der Waals surface area contributed by atoms with Gasteiger partial charge in [-0.3, -0.25) is 4.79 Å². The first kappa shape index (κ1) is 28.7. The first-order valence-electron chi connectivity index (χ1n) is 13.9. The van der Waals surface area contributed by atoms with E-state index in [0.717, 1.165) is 29.5 Å². The molecule has 3 rings (SSSR count). The van der Waals surface area contributed by atoms with E-state index in [1.165, 1.54) is 31.2 Å². The molecule has 0 aromatic heterocycles. The summed E-state index contributed by atoms with van der Waals surface area (Å²) in [7, 11) is 0. The minimum absolute atomic E-state index is 0.290. The number of unbranched alkanes of at least 4 members (excludes halogenated alkanes) is 5. The molecular formula is C32H44O5. The predicted octanol–water partition coefficient (Wildman–Crippen LogP) is 7.83. The van der Waals surface area contributed by atoms with Gasteiger partial charge in [0.15, 0.2) is 6.10 Å². The van der Waals surface area contributed by atoms with Gasteiger partial charge in [0.05, 0.1) is 6.61 Å². The molecule has 5 nitrogen and oxygen atoms in total. The van der Waals surface area contributed by atoms with Gasteiger partial charge >= 0.3 is 11.9 Å². The van der Waals surface area contributed by atoms with Crippen LogP contribution in [-0.2, 0) is 19.7 Å². The monoisotopic (exact) mass is 508 g/mol. The Bertz CT molecular complexity index is 1060. The van der Waals surface area contributed by atoms with E-state index in [-0.39, 0.29) is 17.4 Å². The smallest absolute Gasteiger partial charge is 0.347 e. The summed E-state index contributed by atoms with van der Waals surface area (Å²) in [6.45, 7) is 14.8. The van der Waals surface area contributed by atoms with E-state index in [4.69, 9.17) is 14.2 Å². The maximum absolute atomic E-state index is 13.1. The van der Waals surface area contributed by atoms with E-state index in [0.29, 0.717) is 24.0 Å². The van der Waals surface area contributed by atoms with Crippen LogP contribution in [0.1, 0.15) is 121 Å². The maximum Gasteiger partial charge on any atom is 0.347 e. The summed E-state index contributed by atoms with van der Waals surface area (Å²) in [6.07, 6.45) is 6.05. The first-order valence-corrected chi connectivity index (χ1v) is 13.9. The van der Waals surface area contributed by atoms with Gasteiger partial charge in [-0.05, 0) is 47.9 Å². The minimum atomic E-state index is -0.757. The lowest BCUT2D eigenvalue weighted by Crippen LogP contribution is -2.26. The summed E-state index contributed by atoms with van der Waals surface area (Å²) >= 11 is 0. The third-order valence-corrected chi connectivity index (χ3v) is 6.97. The van der Waals surface area contributed by atoms with E-state index in [1.807, 2.05) is 24.3 Å². The molecule has 0 saturated heterocycles. The summed E-state index contributed by atoms with van der Waals surface area (Å²) in [4.78, 5) is 25.7. The molecule has 1 aliphatic rings. The van der Waals surface area contributed by atoms with Crippen molar-refractivity contribution in [1.29, 1.82) is 0 Å². The van der Waals surface area contributed by atoms with Crippen molar-refractivity contribution in [3.63, 3.8) is 0 Å². The van der Waals surface area contributed by atoms with Crippen molar-refractivity contribution in [1.82, 2.24) is 0 Å². The molecule has 2 aromatic carbocycles. The quantitative estimate of drug-likeness (QED) is 0.166. The van der Waals surface area contributed by atoms with E-state index < -0.39 is 12.0 Å². The number of carbonyl (C=O) groups is 2. The van der Waals surface area contributed by atoms with Crippen LogP contribution in [0.3, 0.4) is 0 Å². The van der Waals surface area contributed by atoms with Crippen LogP contribution >= 0.6 is 0 Å². The number of fused-ring (bicyclic) bond motifs is 1. The van der Waals surface area contributed by atoms with Crippen molar-refractivity contribution in [2.75, 3.05) is 6.61 Å². The Labute approximate surface area is 222 Å². The van der Waals surface area contributed by atoms with Crippen molar-refractivity contribution in [3.05, 3.63) is 58.7 Å². The van der Waals surface area contributed by atoms with Gasteiger partial charge in [0.2, 0.25) is 0 Å². The van der Waals surface area contributed by atoms with Gasteiger partial charge in [0.1, 0.15) is 17.4 Å². The first-order chi connectivity index (χ1) is 17.5. The normalized spacial score (nSPS) is 15.9. The van der Waals surface area contributed by atoms with Gasteiger partial charge in [0, 0.05) is 11.1 Å². The lowest BCUT2D eigenvalue weighted by atomic mass is 9.82. The van der Waals surface area contributed by atoms with E-state index in [1.54, 1.807) is 6.92 Å². The zero-order valence-electron chi connectivity index (χ0n) is 23.7. The minimum Gasteiger partial charge on any atom is -0.479 e. The summed E-state index contributed by atoms with van der Waals surface area (Å²) in [6, 6.07) is 11.9. The number of esters is 2. The van der Waals surface area contributed by atoms with E-state index >= 15 is 0 Å². The molecule has 0 aliphatic carbocycles. The van der Waals surface area contributed by atoms with Crippen LogP contribution < -0.4 is 9.47 Å². The number of hydrogen-bond donors (Lipinski definition) is 0. The average Bonchev–Trinajstić information content (AvgIpc) is 3.17. The summed E-state index contributed by atoms with van der Waals surface area (Å²) in [5.41, 5.74) is 3.47. The second kappa shape index (κ2) is 12.6. The van der Waals surface area contributed by atoms with Crippen LogP contribution in [0, 0.1) is 0 Å². The number of carbonyl (C=O) groups excluding carboxylic acids is 2. The van der Waals surface area contributed by atoms with Crippen LogP contribution in [0.25, 0.3) is 0 Å².